The lowest BCUT2D eigenvalue weighted by Crippen LogP contribution is -1.94. The molecule has 0 saturated carbocycles. The van der Waals surface area contributed by atoms with Gasteiger partial charge in [0.2, 0.25) is 0 Å². The number of hydrogen-bond acceptors (Lipinski definition) is 1. The van der Waals surface area contributed by atoms with Gasteiger partial charge in [-0.15, -0.1) is 0 Å². The van der Waals surface area contributed by atoms with Crippen molar-refractivity contribution in [3.8, 4) is 27.9 Å². The molecular weight excluding hydrogens is 607 g/mol. The fourth-order valence-electron chi connectivity index (χ4n) is 8.30. The minimum atomic E-state index is 0.913. The Kier molecular flexibility index (Phi) is 5.70. The van der Waals surface area contributed by atoms with Crippen molar-refractivity contribution in [3.05, 3.63) is 176 Å². The van der Waals surface area contributed by atoms with Gasteiger partial charge in [-0.3, -0.25) is 0 Å². The maximum absolute atomic E-state index is 6.45. The molecule has 11 rings (SSSR count). The van der Waals surface area contributed by atoms with E-state index in [0.717, 1.165) is 38.8 Å². The van der Waals surface area contributed by atoms with Crippen LogP contribution in [0.2, 0.25) is 0 Å². The lowest BCUT2D eigenvalue weighted by Gasteiger charge is -2.13. The molecule has 0 atom stereocenters. The summed E-state index contributed by atoms with van der Waals surface area (Å²) in [7, 11) is 0. The van der Waals surface area contributed by atoms with Gasteiger partial charge in [0.1, 0.15) is 11.2 Å². The van der Waals surface area contributed by atoms with Gasteiger partial charge in [0, 0.05) is 32.8 Å². The molecule has 2 nitrogen and oxygen atoms in total. The standard InChI is InChI=1S/C48H29NO/c1-2-15-37-35(13-1)36-14-3-4-16-38(36)44-28-30(23-25-39(37)44)31-24-26-41-40-17-5-7-21-45(40)49(46(41)29-31)33-12-9-11-32(27-33)34-19-10-20-43-42-18-6-8-22-47(42)50-48(34)43/h1-29H. The van der Waals surface area contributed by atoms with Gasteiger partial charge in [0.15, 0.2) is 0 Å². The molecule has 232 valence electrons. The molecule has 0 N–H and O–H groups in total. The summed E-state index contributed by atoms with van der Waals surface area (Å²) in [6.45, 7) is 0. The van der Waals surface area contributed by atoms with E-state index in [0.29, 0.717) is 0 Å². The fraction of sp³-hybridized carbons (Fsp3) is 0. The molecule has 11 aromatic rings. The molecule has 0 amide bonds. The van der Waals surface area contributed by atoms with Crippen LogP contribution in [-0.4, -0.2) is 4.57 Å². The molecule has 0 unspecified atom stereocenters. The SMILES string of the molecule is c1cc(-c2cccc3c2oc2ccccc23)cc(-n2c3ccccc3c3ccc(-c4ccc5c6ccccc6c6ccccc6c5c4)cc32)c1. The van der Waals surface area contributed by atoms with E-state index in [4.69, 9.17) is 4.42 Å². The number of aromatic nitrogens is 1. The van der Waals surface area contributed by atoms with Gasteiger partial charge < -0.3 is 8.98 Å². The van der Waals surface area contributed by atoms with E-state index in [1.54, 1.807) is 0 Å². The van der Waals surface area contributed by atoms with Crippen LogP contribution in [0, 0.1) is 0 Å². The van der Waals surface area contributed by atoms with Crippen LogP contribution in [0.4, 0.5) is 0 Å². The van der Waals surface area contributed by atoms with Crippen molar-refractivity contribution in [1.29, 1.82) is 0 Å². The Morgan fingerprint density at radius 3 is 1.66 bits per heavy atom. The van der Waals surface area contributed by atoms with E-state index in [1.807, 2.05) is 12.1 Å². The van der Waals surface area contributed by atoms with Gasteiger partial charge in [0.05, 0.1) is 11.0 Å². The van der Waals surface area contributed by atoms with Crippen LogP contribution in [0.3, 0.4) is 0 Å². The van der Waals surface area contributed by atoms with Gasteiger partial charge in [-0.25, -0.2) is 0 Å². The van der Waals surface area contributed by atoms with Crippen molar-refractivity contribution in [2.45, 2.75) is 0 Å². The molecule has 2 aromatic heterocycles. The highest BCUT2D eigenvalue weighted by molar-refractivity contribution is 6.26. The van der Waals surface area contributed by atoms with Crippen LogP contribution in [-0.2, 0) is 0 Å². The van der Waals surface area contributed by atoms with Crippen LogP contribution in [0.25, 0.3) is 104 Å². The monoisotopic (exact) mass is 635 g/mol. The number of para-hydroxylation sites is 3. The lowest BCUT2D eigenvalue weighted by atomic mass is 9.92. The zero-order valence-corrected chi connectivity index (χ0v) is 27.1. The predicted molar refractivity (Wildman–Crippen MR) is 211 cm³/mol. The second-order valence-corrected chi connectivity index (χ2v) is 13.3. The second-order valence-electron chi connectivity index (χ2n) is 13.3. The third-order valence-electron chi connectivity index (χ3n) is 10.6. The molecule has 2 heterocycles. The molecule has 0 saturated heterocycles. The zero-order valence-electron chi connectivity index (χ0n) is 27.1. The van der Waals surface area contributed by atoms with E-state index in [2.05, 4.69) is 168 Å². The Morgan fingerprint density at radius 2 is 0.880 bits per heavy atom. The van der Waals surface area contributed by atoms with Crippen LogP contribution < -0.4 is 0 Å². The fourth-order valence-corrected chi connectivity index (χ4v) is 8.30. The van der Waals surface area contributed by atoms with Gasteiger partial charge in [0.25, 0.3) is 0 Å². The minimum Gasteiger partial charge on any atom is -0.455 e. The Balaban J connectivity index is 1.12. The summed E-state index contributed by atoms with van der Waals surface area (Å²) in [5.74, 6) is 0. The maximum Gasteiger partial charge on any atom is 0.143 e. The molecule has 2 heteroatoms. The normalized spacial score (nSPS) is 12.0. The lowest BCUT2D eigenvalue weighted by molar-refractivity contribution is 0.670. The maximum atomic E-state index is 6.45. The number of fused-ring (bicyclic) bond motifs is 12. The van der Waals surface area contributed by atoms with Crippen molar-refractivity contribution in [2.24, 2.45) is 0 Å². The van der Waals surface area contributed by atoms with E-state index in [9.17, 15) is 0 Å². The van der Waals surface area contributed by atoms with E-state index in [1.165, 1.54) is 65.3 Å². The average Bonchev–Trinajstić information content (AvgIpc) is 3.73. The number of benzene rings is 9. The molecule has 50 heavy (non-hydrogen) atoms. The van der Waals surface area contributed by atoms with Crippen LogP contribution in [0.15, 0.2) is 180 Å². The third kappa shape index (κ3) is 3.90. The van der Waals surface area contributed by atoms with Crippen molar-refractivity contribution in [2.75, 3.05) is 0 Å². The van der Waals surface area contributed by atoms with Crippen molar-refractivity contribution in [1.82, 2.24) is 4.57 Å². The second kappa shape index (κ2) is 10.4. The van der Waals surface area contributed by atoms with Crippen LogP contribution >= 0.6 is 0 Å². The molecule has 0 aliphatic rings. The Hall–Kier alpha value is -6.64. The quantitative estimate of drug-likeness (QED) is 0.177. The van der Waals surface area contributed by atoms with Gasteiger partial charge in [-0.1, -0.05) is 140 Å². The first kappa shape index (κ1) is 27.3. The summed E-state index contributed by atoms with van der Waals surface area (Å²) >= 11 is 0. The van der Waals surface area contributed by atoms with Crippen LogP contribution in [0.5, 0.6) is 0 Å². The first-order chi connectivity index (χ1) is 24.8. The molecule has 0 radical (unpaired) electrons. The first-order valence-electron chi connectivity index (χ1n) is 17.2. The highest BCUT2D eigenvalue weighted by Gasteiger charge is 2.17. The minimum absolute atomic E-state index is 0.913. The molecule has 0 aliphatic heterocycles. The number of furan rings is 1. The summed E-state index contributed by atoms with van der Waals surface area (Å²) in [4.78, 5) is 0. The van der Waals surface area contributed by atoms with Gasteiger partial charge in [-0.05, 0) is 85.4 Å². The van der Waals surface area contributed by atoms with E-state index >= 15 is 0 Å². The largest absolute Gasteiger partial charge is 0.455 e. The highest BCUT2D eigenvalue weighted by atomic mass is 16.3. The summed E-state index contributed by atoms with van der Waals surface area (Å²) in [5, 5.41) is 12.5. The smallest absolute Gasteiger partial charge is 0.143 e. The third-order valence-corrected chi connectivity index (χ3v) is 10.6. The summed E-state index contributed by atoms with van der Waals surface area (Å²) in [5.41, 5.74) is 9.96. The van der Waals surface area contributed by atoms with Crippen molar-refractivity contribution < 1.29 is 4.42 Å². The summed E-state index contributed by atoms with van der Waals surface area (Å²) in [6.07, 6.45) is 0. The Bertz CT molecular complexity index is 3120. The summed E-state index contributed by atoms with van der Waals surface area (Å²) < 4.78 is 8.86. The van der Waals surface area contributed by atoms with Gasteiger partial charge in [-0.2, -0.15) is 0 Å². The number of rotatable bonds is 3. The molecule has 0 spiro atoms. The zero-order chi connectivity index (χ0) is 32.8. The van der Waals surface area contributed by atoms with Gasteiger partial charge >= 0.3 is 0 Å². The molecular formula is C48H29NO. The topological polar surface area (TPSA) is 18.1 Å². The number of hydrogen-bond donors (Lipinski definition) is 0. The number of nitrogens with zero attached hydrogens (tertiary/aromatic N) is 1. The van der Waals surface area contributed by atoms with Crippen molar-refractivity contribution >= 4 is 76.1 Å². The van der Waals surface area contributed by atoms with Crippen molar-refractivity contribution in [3.63, 3.8) is 0 Å². The Morgan fingerprint density at radius 1 is 0.320 bits per heavy atom. The first-order valence-corrected chi connectivity index (χ1v) is 17.2. The Labute approximate surface area is 288 Å². The molecule has 0 bridgehead atoms. The molecule has 0 fully saturated rings. The van der Waals surface area contributed by atoms with E-state index < -0.39 is 0 Å². The average molecular weight is 636 g/mol. The highest BCUT2D eigenvalue weighted by Crippen LogP contribution is 2.41. The predicted octanol–water partition coefficient (Wildman–Crippen LogP) is 13.5. The molecule has 0 aliphatic carbocycles. The molecule has 9 aromatic carbocycles. The van der Waals surface area contributed by atoms with Crippen LogP contribution in [0.1, 0.15) is 0 Å². The summed E-state index contributed by atoms with van der Waals surface area (Å²) in [6, 6.07) is 63.8. The van der Waals surface area contributed by atoms with E-state index in [-0.39, 0.29) is 0 Å².